The largest absolute Gasteiger partial charge is 0.299 e. The van der Waals surface area contributed by atoms with Crippen LogP contribution in [0.3, 0.4) is 0 Å². The first kappa shape index (κ1) is 17.4. The summed E-state index contributed by atoms with van der Waals surface area (Å²) >= 11 is 0. The summed E-state index contributed by atoms with van der Waals surface area (Å²) in [4.78, 5) is 22.1. The zero-order valence-corrected chi connectivity index (χ0v) is 12.9. The number of nitrogens with zero attached hydrogens (tertiary/aromatic N) is 1. The average Bonchev–Trinajstić information content (AvgIpc) is 2.53. The van der Waals surface area contributed by atoms with E-state index < -0.39 is 26.2 Å². The molecule has 2 aromatic carbocycles. The summed E-state index contributed by atoms with van der Waals surface area (Å²) in [6.45, 7) is 0. The van der Waals surface area contributed by atoms with Crippen molar-refractivity contribution in [3.63, 3.8) is 0 Å². The minimum Gasteiger partial charge on any atom is -0.299 e. The predicted molar refractivity (Wildman–Crippen MR) is 85.6 cm³/mol. The van der Waals surface area contributed by atoms with Crippen molar-refractivity contribution in [1.29, 1.82) is 0 Å². The van der Waals surface area contributed by atoms with E-state index in [1.807, 2.05) is 0 Å². The van der Waals surface area contributed by atoms with Gasteiger partial charge in [0.1, 0.15) is 0 Å². The fourth-order valence-electron chi connectivity index (χ4n) is 1.95. The quantitative estimate of drug-likeness (QED) is 0.408. The third kappa shape index (κ3) is 4.27. The lowest BCUT2D eigenvalue weighted by atomic mass is 10.1. The molecule has 0 saturated carbocycles. The molecule has 3 N–H and O–H groups in total. The monoisotopic (exact) mass is 351 g/mol. The zero-order chi connectivity index (χ0) is 17.7. The van der Waals surface area contributed by atoms with Crippen molar-refractivity contribution in [2.45, 2.75) is 5.25 Å². The second kappa shape index (κ2) is 7.06. The lowest BCUT2D eigenvalue weighted by Gasteiger charge is -2.15. The number of hydrogen-bond donors (Lipinski definition) is 3. The van der Waals surface area contributed by atoms with E-state index in [2.05, 4.69) is 10.9 Å². The van der Waals surface area contributed by atoms with Gasteiger partial charge in [-0.05, 0) is 17.7 Å². The third-order valence-corrected chi connectivity index (χ3v) is 4.13. The van der Waals surface area contributed by atoms with Crippen LogP contribution in [0.2, 0.25) is 0 Å². The summed E-state index contributed by atoms with van der Waals surface area (Å²) in [5.41, 5.74) is 4.83. The maximum absolute atomic E-state index is 12.1. The number of carbonyl (C=O) groups is 1. The molecule has 0 spiro atoms. The highest BCUT2D eigenvalue weighted by Gasteiger charge is 2.33. The van der Waals surface area contributed by atoms with E-state index in [1.165, 1.54) is 0 Å². The topological polar surface area (TPSA) is 139 Å². The van der Waals surface area contributed by atoms with Gasteiger partial charge in [0.2, 0.25) is 0 Å². The van der Waals surface area contributed by atoms with Gasteiger partial charge in [0.25, 0.3) is 21.7 Å². The van der Waals surface area contributed by atoms with E-state index in [0.717, 1.165) is 24.3 Å². The number of hydrogen-bond acceptors (Lipinski definition) is 6. The molecule has 1 atom stereocenters. The Kier molecular flexibility index (Phi) is 5.11. The van der Waals surface area contributed by atoms with Crippen molar-refractivity contribution < 1.29 is 22.7 Å². The van der Waals surface area contributed by atoms with Crippen LogP contribution < -0.4 is 10.9 Å². The highest BCUT2D eigenvalue weighted by Crippen LogP contribution is 2.24. The molecule has 24 heavy (non-hydrogen) atoms. The van der Waals surface area contributed by atoms with Crippen LogP contribution >= 0.6 is 0 Å². The van der Waals surface area contributed by atoms with Gasteiger partial charge in [0, 0.05) is 12.1 Å². The first-order valence-corrected chi connectivity index (χ1v) is 8.11. The van der Waals surface area contributed by atoms with E-state index in [4.69, 9.17) is 0 Å². The molecule has 0 saturated heterocycles. The number of anilines is 1. The van der Waals surface area contributed by atoms with Crippen molar-refractivity contribution in [3.05, 3.63) is 70.3 Å². The summed E-state index contributed by atoms with van der Waals surface area (Å²) in [6, 6.07) is 12.7. The van der Waals surface area contributed by atoms with Gasteiger partial charge in [-0.3, -0.25) is 30.3 Å². The van der Waals surface area contributed by atoms with E-state index in [0.29, 0.717) is 5.69 Å². The first-order chi connectivity index (χ1) is 11.3. The molecule has 0 fully saturated rings. The number of hydrazine groups is 1. The van der Waals surface area contributed by atoms with Crippen molar-refractivity contribution >= 4 is 27.4 Å². The minimum absolute atomic E-state index is 0.101. The van der Waals surface area contributed by atoms with Crippen LogP contribution in [0.5, 0.6) is 0 Å². The normalized spacial score (nSPS) is 12.2. The highest BCUT2D eigenvalue weighted by molar-refractivity contribution is 7.86. The Morgan fingerprint density at radius 1 is 1.08 bits per heavy atom. The summed E-state index contributed by atoms with van der Waals surface area (Å²) in [6.07, 6.45) is 0. The van der Waals surface area contributed by atoms with Crippen molar-refractivity contribution in [2.75, 3.05) is 5.43 Å². The average molecular weight is 351 g/mol. The van der Waals surface area contributed by atoms with Crippen LogP contribution in [0.1, 0.15) is 10.8 Å². The van der Waals surface area contributed by atoms with Gasteiger partial charge in [-0.15, -0.1) is 0 Å². The molecule has 0 heterocycles. The number of rotatable bonds is 6. The van der Waals surface area contributed by atoms with Crippen LogP contribution in [0, 0.1) is 10.1 Å². The van der Waals surface area contributed by atoms with Crippen LogP contribution in [-0.2, 0) is 14.9 Å². The molecule has 126 valence electrons. The molecule has 10 heteroatoms. The first-order valence-electron chi connectivity index (χ1n) is 6.60. The number of para-hydroxylation sites is 1. The zero-order valence-electron chi connectivity index (χ0n) is 12.1. The molecule has 2 aromatic rings. The molecule has 0 aliphatic heterocycles. The van der Waals surface area contributed by atoms with Gasteiger partial charge in [-0.25, -0.2) is 0 Å². The van der Waals surface area contributed by atoms with Crippen LogP contribution in [0.25, 0.3) is 0 Å². The Balaban J connectivity index is 2.22. The summed E-state index contributed by atoms with van der Waals surface area (Å²) in [5, 5.41) is 8.70. The van der Waals surface area contributed by atoms with Gasteiger partial charge >= 0.3 is 0 Å². The Labute approximate surface area is 137 Å². The molecule has 0 aliphatic carbocycles. The molecular weight excluding hydrogens is 338 g/mol. The predicted octanol–water partition coefficient (Wildman–Crippen LogP) is 1.67. The molecule has 9 nitrogen and oxygen atoms in total. The number of amides is 1. The molecule has 0 aromatic heterocycles. The highest BCUT2D eigenvalue weighted by atomic mass is 32.2. The van der Waals surface area contributed by atoms with Gasteiger partial charge in [-0.1, -0.05) is 30.3 Å². The molecule has 1 amide bonds. The van der Waals surface area contributed by atoms with E-state index in [9.17, 15) is 27.9 Å². The van der Waals surface area contributed by atoms with Gasteiger partial charge in [-0.2, -0.15) is 8.42 Å². The Hall–Kier alpha value is -2.98. The number of nitrogens with one attached hydrogen (secondary N) is 2. The van der Waals surface area contributed by atoms with Crippen LogP contribution in [-0.4, -0.2) is 23.8 Å². The number of non-ortho nitro benzene ring substituents is 1. The molecule has 0 bridgehead atoms. The third-order valence-electron chi connectivity index (χ3n) is 3.05. The summed E-state index contributed by atoms with van der Waals surface area (Å²) in [7, 11) is -4.78. The lowest BCUT2D eigenvalue weighted by Crippen LogP contribution is -2.37. The molecule has 0 aliphatic rings. The van der Waals surface area contributed by atoms with Gasteiger partial charge in [0.05, 0.1) is 10.6 Å². The molecule has 2 rings (SSSR count). The summed E-state index contributed by atoms with van der Waals surface area (Å²) < 4.78 is 32.4. The Morgan fingerprint density at radius 2 is 1.67 bits per heavy atom. The maximum Gasteiger partial charge on any atom is 0.281 e. The number of benzene rings is 2. The summed E-state index contributed by atoms with van der Waals surface area (Å²) in [5.74, 6) is -1.03. The molecule has 1 unspecified atom stereocenters. The van der Waals surface area contributed by atoms with Gasteiger partial charge < -0.3 is 0 Å². The number of nitro benzene ring substituents is 1. The fraction of sp³-hybridized carbons (Fsp3) is 0.0714. The second-order valence-corrected chi connectivity index (χ2v) is 6.23. The SMILES string of the molecule is O=C(NNc1ccccc1)C(c1ccc([N+](=O)[O-])cc1)S(=O)(=O)O. The second-order valence-electron chi connectivity index (χ2n) is 4.72. The van der Waals surface area contributed by atoms with E-state index in [-0.39, 0.29) is 11.3 Å². The van der Waals surface area contributed by atoms with E-state index in [1.54, 1.807) is 30.3 Å². The number of carbonyl (C=O) groups excluding carboxylic acids is 1. The van der Waals surface area contributed by atoms with Crippen molar-refractivity contribution in [1.82, 2.24) is 5.43 Å². The fourth-order valence-corrected chi connectivity index (χ4v) is 2.78. The van der Waals surface area contributed by atoms with Crippen LogP contribution in [0.15, 0.2) is 54.6 Å². The van der Waals surface area contributed by atoms with Crippen LogP contribution in [0.4, 0.5) is 11.4 Å². The Morgan fingerprint density at radius 3 is 2.17 bits per heavy atom. The number of nitro groups is 1. The van der Waals surface area contributed by atoms with Crippen molar-refractivity contribution in [2.24, 2.45) is 0 Å². The molecule has 0 radical (unpaired) electrons. The smallest absolute Gasteiger partial charge is 0.281 e. The lowest BCUT2D eigenvalue weighted by molar-refractivity contribution is -0.384. The Bertz CT molecular complexity index is 837. The molecular formula is C14H13N3O6S. The standard InChI is InChI=1S/C14H13N3O6S/c18-14(16-15-11-4-2-1-3-5-11)13(24(21,22)23)10-6-8-12(9-7-10)17(19)20/h1-9,13,15H,(H,16,18)(H,21,22,23). The minimum atomic E-state index is -4.78. The maximum atomic E-state index is 12.1. The van der Waals surface area contributed by atoms with Crippen molar-refractivity contribution in [3.8, 4) is 0 Å². The van der Waals surface area contributed by atoms with E-state index >= 15 is 0 Å². The van der Waals surface area contributed by atoms with Gasteiger partial charge in [0.15, 0.2) is 5.25 Å².